The maximum atomic E-state index is 12.9. The van der Waals surface area contributed by atoms with Crippen molar-refractivity contribution in [3.8, 4) is 11.8 Å². The van der Waals surface area contributed by atoms with Gasteiger partial charge in [0.05, 0.1) is 15.6 Å². The molecule has 1 aromatic heterocycles. The molecule has 0 bridgehead atoms. The summed E-state index contributed by atoms with van der Waals surface area (Å²) in [7, 11) is 0. The van der Waals surface area contributed by atoms with E-state index in [0.29, 0.717) is 0 Å². The van der Waals surface area contributed by atoms with Crippen LogP contribution in [0.15, 0.2) is 30.5 Å². The summed E-state index contributed by atoms with van der Waals surface area (Å²) in [5.74, 6) is 0.0351. The van der Waals surface area contributed by atoms with Crippen LogP contribution in [0, 0.1) is 11.3 Å². The first-order chi connectivity index (χ1) is 12.3. The molecule has 1 unspecified atom stereocenters. The molecule has 0 aliphatic heterocycles. The molecule has 136 valence electrons. The van der Waals surface area contributed by atoms with Gasteiger partial charge in [0, 0.05) is 17.7 Å². The van der Waals surface area contributed by atoms with Crippen molar-refractivity contribution in [2.24, 2.45) is 0 Å². The molecule has 1 aliphatic rings. The van der Waals surface area contributed by atoms with E-state index in [0.717, 1.165) is 43.4 Å². The van der Waals surface area contributed by atoms with Gasteiger partial charge in [-0.05, 0) is 31.4 Å². The van der Waals surface area contributed by atoms with Crippen LogP contribution in [-0.4, -0.2) is 9.78 Å². The standard InChI is InChI=1S/C18H14Cl2F3N3/c19-14-7-12(18(21,22)23)8-15(20)17(14)26-10-13(16(9-24)25-26)11-5-3-1-2-4-6-11/h3,5,7-8,10-11H,1-2,4,6H2. The Morgan fingerprint density at radius 1 is 1.19 bits per heavy atom. The zero-order valence-corrected chi connectivity index (χ0v) is 15.0. The van der Waals surface area contributed by atoms with Crippen LogP contribution in [0.5, 0.6) is 0 Å². The van der Waals surface area contributed by atoms with E-state index in [1.807, 2.05) is 12.1 Å². The Bertz CT molecular complexity index is 871. The van der Waals surface area contributed by atoms with Crippen molar-refractivity contribution >= 4 is 23.2 Å². The van der Waals surface area contributed by atoms with Crippen LogP contribution in [0.4, 0.5) is 13.2 Å². The van der Waals surface area contributed by atoms with E-state index < -0.39 is 11.7 Å². The summed E-state index contributed by atoms with van der Waals surface area (Å²) in [5.41, 5.74) is 0.129. The molecule has 0 saturated carbocycles. The van der Waals surface area contributed by atoms with Crippen LogP contribution >= 0.6 is 23.2 Å². The molecule has 0 saturated heterocycles. The van der Waals surface area contributed by atoms with Crippen LogP contribution < -0.4 is 0 Å². The Hall–Kier alpha value is -1.97. The number of nitrogens with zero attached hydrogens (tertiary/aromatic N) is 3. The van der Waals surface area contributed by atoms with Crippen molar-refractivity contribution in [2.45, 2.75) is 37.8 Å². The van der Waals surface area contributed by atoms with Gasteiger partial charge in [0.1, 0.15) is 11.8 Å². The molecule has 8 heteroatoms. The monoisotopic (exact) mass is 399 g/mol. The Kier molecular flexibility index (Phi) is 5.31. The minimum atomic E-state index is -4.55. The highest BCUT2D eigenvalue weighted by molar-refractivity contribution is 6.37. The largest absolute Gasteiger partial charge is 0.416 e. The number of rotatable bonds is 2. The molecule has 0 amide bonds. The summed E-state index contributed by atoms with van der Waals surface area (Å²) in [6.07, 6.45) is 5.17. The number of nitriles is 1. The molecule has 1 aliphatic carbocycles. The second kappa shape index (κ2) is 7.34. The van der Waals surface area contributed by atoms with Crippen molar-refractivity contribution < 1.29 is 13.2 Å². The lowest BCUT2D eigenvalue weighted by Gasteiger charge is -2.12. The quantitative estimate of drug-likeness (QED) is 0.557. The molecule has 1 aromatic carbocycles. The maximum Gasteiger partial charge on any atom is 0.416 e. The Balaban J connectivity index is 2.07. The fourth-order valence-electron chi connectivity index (χ4n) is 3.05. The maximum absolute atomic E-state index is 12.9. The third-order valence-corrected chi connectivity index (χ3v) is 4.90. The summed E-state index contributed by atoms with van der Waals surface area (Å²) in [5, 5.41) is 13.2. The average molecular weight is 400 g/mol. The molecular formula is C18H14Cl2F3N3. The summed E-state index contributed by atoms with van der Waals surface area (Å²) in [6, 6.07) is 3.66. The van der Waals surface area contributed by atoms with Gasteiger partial charge in [0.2, 0.25) is 0 Å². The first kappa shape index (κ1) is 18.8. The van der Waals surface area contributed by atoms with Crippen molar-refractivity contribution in [3.05, 3.63) is 57.3 Å². The van der Waals surface area contributed by atoms with E-state index in [1.54, 1.807) is 6.20 Å². The van der Waals surface area contributed by atoms with Gasteiger partial charge in [0.15, 0.2) is 5.69 Å². The zero-order chi connectivity index (χ0) is 18.9. The normalized spacial score (nSPS) is 17.8. The Morgan fingerprint density at radius 2 is 1.88 bits per heavy atom. The summed E-state index contributed by atoms with van der Waals surface area (Å²) in [6.45, 7) is 0. The molecule has 1 atom stereocenters. The molecule has 0 N–H and O–H groups in total. The minimum Gasteiger partial charge on any atom is -0.236 e. The molecular weight excluding hydrogens is 386 g/mol. The second-order valence-electron chi connectivity index (χ2n) is 6.09. The molecule has 2 aromatic rings. The fourth-order valence-corrected chi connectivity index (χ4v) is 3.71. The number of aromatic nitrogens is 2. The SMILES string of the molecule is N#Cc1nn(-c2c(Cl)cc(C(F)(F)F)cc2Cl)cc1C1C=CCCCC1. The predicted octanol–water partition coefficient (Wildman–Crippen LogP) is 6.28. The molecule has 0 radical (unpaired) electrons. The van der Waals surface area contributed by atoms with Gasteiger partial charge in [-0.1, -0.05) is 41.8 Å². The highest BCUT2D eigenvalue weighted by atomic mass is 35.5. The van der Waals surface area contributed by atoms with Crippen molar-refractivity contribution in [1.82, 2.24) is 9.78 Å². The van der Waals surface area contributed by atoms with Gasteiger partial charge in [-0.25, -0.2) is 4.68 Å². The lowest BCUT2D eigenvalue weighted by atomic mass is 9.95. The van der Waals surface area contributed by atoms with Crippen molar-refractivity contribution in [3.63, 3.8) is 0 Å². The average Bonchev–Trinajstić information content (AvgIpc) is 2.79. The van der Waals surface area contributed by atoms with E-state index in [2.05, 4.69) is 11.2 Å². The van der Waals surface area contributed by atoms with Gasteiger partial charge < -0.3 is 0 Å². The highest BCUT2D eigenvalue weighted by Crippen LogP contribution is 2.38. The highest BCUT2D eigenvalue weighted by Gasteiger charge is 2.32. The van der Waals surface area contributed by atoms with Crippen molar-refractivity contribution in [1.29, 1.82) is 5.26 Å². The third-order valence-electron chi connectivity index (χ3n) is 4.33. The molecule has 3 rings (SSSR count). The van der Waals surface area contributed by atoms with Crippen molar-refractivity contribution in [2.75, 3.05) is 0 Å². The minimum absolute atomic E-state index is 0.0351. The van der Waals surface area contributed by atoms with Crippen LogP contribution in [0.1, 0.15) is 48.4 Å². The van der Waals surface area contributed by atoms with E-state index in [4.69, 9.17) is 23.2 Å². The Labute approximate surface area is 158 Å². The van der Waals surface area contributed by atoms with Gasteiger partial charge in [-0.15, -0.1) is 0 Å². The summed E-state index contributed by atoms with van der Waals surface area (Å²) < 4.78 is 40.0. The van der Waals surface area contributed by atoms with Gasteiger partial charge in [0.25, 0.3) is 0 Å². The summed E-state index contributed by atoms with van der Waals surface area (Å²) in [4.78, 5) is 0. The third kappa shape index (κ3) is 3.74. The topological polar surface area (TPSA) is 41.6 Å². The van der Waals surface area contributed by atoms with Crippen LogP contribution in [0.25, 0.3) is 5.69 Å². The number of alkyl halides is 3. The first-order valence-electron chi connectivity index (χ1n) is 8.04. The smallest absolute Gasteiger partial charge is 0.236 e. The van der Waals surface area contributed by atoms with E-state index in [9.17, 15) is 18.4 Å². The Morgan fingerprint density at radius 3 is 2.50 bits per heavy atom. The number of allylic oxidation sites excluding steroid dienone is 2. The molecule has 3 nitrogen and oxygen atoms in total. The second-order valence-corrected chi connectivity index (χ2v) is 6.91. The molecule has 0 fully saturated rings. The molecule has 26 heavy (non-hydrogen) atoms. The lowest BCUT2D eigenvalue weighted by Crippen LogP contribution is -2.07. The predicted molar refractivity (Wildman–Crippen MR) is 93.7 cm³/mol. The van der Waals surface area contributed by atoms with E-state index in [-0.39, 0.29) is 27.3 Å². The summed E-state index contributed by atoms with van der Waals surface area (Å²) >= 11 is 12.1. The number of halogens is 5. The molecule has 0 spiro atoms. The van der Waals surface area contributed by atoms with E-state index >= 15 is 0 Å². The van der Waals surface area contributed by atoms with Crippen LogP contribution in [0.3, 0.4) is 0 Å². The van der Waals surface area contributed by atoms with Gasteiger partial charge in [-0.2, -0.15) is 23.5 Å². The lowest BCUT2D eigenvalue weighted by molar-refractivity contribution is -0.137. The first-order valence-corrected chi connectivity index (χ1v) is 8.80. The number of hydrogen-bond donors (Lipinski definition) is 0. The number of benzene rings is 1. The van der Waals surface area contributed by atoms with Gasteiger partial charge >= 0.3 is 6.18 Å². The zero-order valence-electron chi connectivity index (χ0n) is 13.5. The van der Waals surface area contributed by atoms with Gasteiger partial charge in [-0.3, -0.25) is 0 Å². The van der Waals surface area contributed by atoms with E-state index in [1.165, 1.54) is 4.68 Å². The molecule has 1 heterocycles. The van der Waals surface area contributed by atoms with Crippen LogP contribution in [0.2, 0.25) is 10.0 Å². The number of hydrogen-bond acceptors (Lipinski definition) is 2. The fraction of sp³-hybridized carbons (Fsp3) is 0.333. The van der Waals surface area contributed by atoms with Crippen LogP contribution in [-0.2, 0) is 6.18 Å².